The molecule has 6 heteroatoms. The first-order chi connectivity index (χ1) is 10.7. The highest BCUT2D eigenvalue weighted by atomic mass is 35.5. The van der Waals surface area contributed by atoms with Crippen molar-refractivity contribution in [3.8, 4) is 11.3 Å². The maximum absolute atomic E-state index is 12.5. The SMILES string of the molecule is Cc1onc(-c2ccccc2Cl)c1C(=O)NCC1CCCN1. The van der Waals surface area contributed by atoms with Gasteiger partial charge in [0.2, 0.25) is 0 Å². The third-order valence-electron chi connectivity index (χ3n) is 3.89. The molecule has 0 saturated carbocycles. The Labute approximate surface area is 134 Å². The maximum atomic E-state index is 12.5. The van der Waals surface area contributed by atoms with Gasteiger partial charge in [0.15, 0.2) is 0 Å². The van der Waals surface area contributed by atoms with Crippen LogP contribution >= 0.6 is 11.6 Å². The van der Waals surface area contributed by atoms with E-state index < -0.39 is 0 Å². The van der Waals surface area contributed by atoms with Gasteiger partial charge in [-0.2, -0.15) is 0 Å². The highest BCUT2D eigenvalue weighted by Gasteiger charge is 2.24. The molecular weight excluding hydrogens is 302 g/mol. The quantitative estimate of drug-likeness (QED) is 0.909. The van der Waals surface area contributed by atoms with Gasteiger partial charge in [-0.1, -0.05) is 35.0 Å². The molecular formula is C16H18ClN3O2. The van der Waals surface area contributed by atoms with Gasteiger partial charge in [0.05, 0.1) is 5.02 Å². The van der Waals surface area contributed by atoms with Crippen LogP contribution in [0.5, 0.6) is 0 Å². The number of hydrogen-bond acceptors (Lipinski definition) is 4. The van der Waals surface area contributed by atoms with Crippen LogP contribution in [0.15, 0.2) is 28.8 Å². The summed E-state index contributed by atoms with van der Waals surface area (Å²) in [5, 5.41) is 10.9. The summed E-state index contributed by atoms with van der Waals surface area (Å²) in [6.07, 6.45) is 2.23. The van der Waals surface area contributed by atoms with Crippen molar-refractivity contribution >= 4 is 17.5 Å². The zero-order chi connectivity index (χ0) is 15.5. The molecule has 1 aliphatic rings. The molecule has 2 aromatic rings. The molecule has 0 spiro atoms. The van der Waals surface area contributed by atoms with Crippen LogP contribution in [0.3, 0.4) is 0 Å². The molecule has 1 unspecified atom stereocenters. The monoisotopic (exact) mass is 319 g/mol. The second-order valence-electron chi connectivity index (χ2n) is 5.45. The van der Waals surface area contributed by atoms with Crippen molar-refractivity contribution in [1.82, 2.24) is 15.8 Å². The summed E-state index contributed by atoms with van der Waals surface area (Å²) < 4.78 is 5.21. The van der Waals surface area contributed by atoms with Crippen LogP contribution in [-0.2, 0) is 0 Å². The topological polar surface area (TPSA) is 67.2 Å². The molecule has 1 atom stereocenters. The van der Waals surface area contributed by atoms with E-state index in [2.05, 4.69) is 15.8 Å². The Balaban J connectivity index is 1.82. The smallest absolute Gasteiger partial charge is 0.257 e. The van der Waals surface area contributed by atoms with E-state index in [1.807, 2.05) is 18.2 Å². The van der Waals surface area contributed by atoms with Crippen LogP contribution in [-0.4, -0.2) is 30.2 Å². The first-order valence-electron chi connectivity index (χ1n) is 7.39. The Bertz CT molecular complexity index is 678. The molecule has 0 radical (unpaired) electrons. The molecule has 1 aliphatic heterocycles. The molecule has 116 valence electrons. The lowest BCUT2D eigenvalue weighted by Gasteiger charge is -2.11. The summed E-state index contributed by atoms with van der Waals surface area (Å²) in [6, 6.07) is 7.63. The van der Waals surface area contributed by atoms with E-state index in [4.69, 9.17) is 16.1 Å². The van der Waals surface area contributed by atoms with Gasteiger partial charge in [-0.15, -0.1) is 0 Å². The van der Waals surface area contributed by atoms with Gasteiger partial charge in [-0.3, -0.25) is 4.79 Å². The van der Waals surface area contributed by atoms with Crippen molar-refractivity contribution < 1.29 is 9.32 Å². The predicted molar refractivity (Wildman–Crippen MR) is 85.0 cm³/mol. The zero-order valence-electron chi connectivity index (χ0n) is 12.4. The van der Waals surface area contributed by atoms with E-state index in [9.17, 15) is 4.79 Å². The molecule has 2 N–H and O–H groups in total. The Morgan fingerprint density at radius 1 is 1.50 bits per heavy atom. The van der Waals surface area contributed by atoms with E-state index in [0.717, 1.165) is 19.4 Å². The Hall–Kier alpha value is -1.85. The molecule has 2 heterocycles. The van der Waals surface area contributed by atoms with E-state index in [1.54, 1.807) is 13.0 Å². The first-order valence-corrected chi connectivity index (χ1v) is 7.77. The number of carbonyl (C=O) groups is 1. The van der Waals surface area contributed by atoms with Gasteiger partial charge in [-0.05, 0) is 32.4 Å². The molecule has 1 saturated heterocycles. The fourth-order valence-corrected chi connectivity index (χ4v) is 2.94. The van der Waals surface area contributed by atoms with Gasteiger partial charge in [0, 0.05) is 18.2 Å². The average Bonchev–Trinajstić information content (AvgIpc) is 3.15. The minimum Gasteiger partial charge on any atom is -0.360 e. The fourth-order valence-electron chi connectivity index (χ4n) is 2.71. The number of hydrogen-bond donors (Lipinski definition) is 2. The summed E-state index contributed by atoms with van der Waals surface area (Å²) in [6.45, 7) is 3.35. The molecule has 22 heavy (non-hydrogen) atoms. The van der Waals surface area contributed by atoms with Crippen molar-refractivity contribution in [3.05, 3.63) is 40.6 Å². The maximum Gasteiger partial charge on any atom is 0.257 e. The molecule has 0 bridgehead atoms. The Morgan fingerprint density at radius 3 is 3.05 bits per heavy atom. The first kappa shape index (κ1) is 15.1. The van der Waals surface area contributed by atoms with Gasteiger partial charge in [0.1, 0.15) is 17.0 Å². The van der Waals surface area contributed by atoms with E-state index in [1.165, 1.54) is 0 Å². The second kappa shape index (κ2) is 6.50. The van der Waals surface area contributed by atoms with Crippen molar-refractivity contribution in [2.75, 3.05) is 13.1 Å². The standard InChI is InChI=1S/C16H18ClN3O2/c1-10-14(16(21)19-9-11-5-4-8-18-11)15(20-22-10)12-6-2-3-7-13(12)17/h2-3,6-7,11,18H,4-5,8-9H2,1H3,(H,19,21). The third-order valence-corrected chi connectivity index (χ3v) is 4.22. The normalized spacial score (nSPS) is 17.6. The number of amides is 1. The molecule has 1 aromatic heterocycles. The largest absolute Gasteiger partial charge is 0.360 e. The molecule has 1 amide bonds. The third kappa shape index (κ3) is 3.00. The minimum atomic E-state index is -0.178. The van der Waals surface area contributed by atoms with Crippen molar-refractivity contribution in [2.45, 2.75) is 25.8 Å². The molecule has 3 rings (SSSR count). The van der Waals surface area contributed by atoms with Crippen LogP contribution < -0.4 is 10.6 Å². The Morgan fingerprint density at radius 2 is 2.32 bits per heavy atom. The van der Waals surface area contributed by atoms with E-state index in [0.29, 0.717) is 40.2 Å². The number of nitrogens with zero attached hydrogens (tertiary/aromatic N) is 1. The number of halogens is 1. The number of aromatic nitrogens is 1. The van der Waals surface area contributed by atoms with Crippen molar-refractivity contribution in [1.29, 1.82) is 0 Å². The molecule has 0 aliphatic carbocycles. The van der Waals surface area contributed by atoms with Gasteiger partial charge >= 0.3 is 0 Å². The highest BCUT2D eigenvalue weighted by Crippen LogP contribution is 2.30. The molecule has 1 aromatic carbocycles. The van der Waals surface area contributed by atoms with Crippen LogP contribution in [0, 0.1) is 6.92 Å². The second-order valence-corrected chi connectivity index (χ2v) is 5.85. The van der Waals surface area contributed by atoms with Crippen LogP contribution in [0.1, 0.15) is 29.0 Å². The lowest BCUT2D eigenvalue weighted by Crippen LogP contribution is -2.37. The van der Waals surface area contributed by atoms with Crippen molar-refractivity contribution in [3.63, 3.8) is 0 Å². The zero-order valence-corrected chi connectivity index (χ0v) is 13.1. The molecule has 1 fully saturated rings. The predicted octanol–water partition coefficient (Wildman–Crippen LogP) is 2.79. The minimum absolute atomic E-state index is 0.178. The summed E-state index contributed by atoms with van der Waals surface area (Å²) >= 11 is 6.20. The fraction of sp³-hybridized carbons (Fsp3) is 0.375. The van der Waals surface area contributed by atoms with E-state index in [-0.39, 0.29) is 5.91 Å². The summed E-state index contributed by atoms with van der Waals surface area (Å²) in [4.78, 5) is 12.5. The average molecular weight is 320 g/mol. The van der Waals surface area contributed by atoms with Gasteiger partial charge < -0.3 is 15.2 Å². The number of aryl methyl sites for hydroxylation is 1. The highest BCUT2D eigenvalue weighted by molar-refractivity contribution is 6.33. The summed E-state index contributed by atoms with van der Waals surface area (Å²) in [5.74, 6) is 0.314. The van der Waals surface area contributed by atoms with Gasteiger partial charge in [-0.25, -0.2) is 0 Å². The summed E-state index contributed by atoms with van der Waals surface area (Å²) in [5.41, 5.74) is 1.64. The van der Waals surface area contributed by atoms with Crippen LogP contribution in [0.2, 0.25) is 5.02 Å². The number of benzene rings is 1. The number of nitrogens with one attached hydrogen (secondary N) is 2. The van der Waals surface area contributed by atoms with Crippen LogP contribution in [0.25, 0.3) is 11.3 Å². The van der Waals surface area contributed by atoms with Crippen LogP contribution in [0.4, 0.5) is 0 Å². The molecule has 5 nitrogen and oxygen atoms in total. The number of carbonyl (C=O) groups excluding carboxylic acids is 1. The lowest BCUT2D eigenvalue weighted by molar-refractivity contribution is 0.0949. The lowest BCUT2D eigenvalue weighted by atomic mass is 10.1. The summed E-state index contributed by atoms with van der Waals surface area (Å²) in [7, 11) is 0. The van der Waals surface area contributed by atoms with Gasteiger partial charge in [0.25, 0.3) is 5.91 Å². The Kier molecular flexibility index (Phi) is 4.45. The number of rotatable bonds is 4. The van der Waals surface area contributed by atoms with E-state index >= 15 is 0 Å². The van der Waals surface area contributed by atoms with Crippen molar-refractivity contribution in [2.24, 2.45) is 0 Å².